The third-order valence-electron chi connectivity index (χ3n) is 19.8. The van der Waals surface area contributed by atoms with Crippen molar-refractivity contribution in [1.82, 2.24) is 43.6 Å². The highest BCUT2D eigenvalue weighted by Gasteiger charge is 2.52. The molecule has 3 N–H and O–H groups in total. The maximum Gasteiger partial charge on any atom is 0.498 e. The minimum absolute atomic E-state index is 0. The van der Waals surface area contributed by atoms with Crippen LogP contribution in [0.25, 0.3) is 66.6 Å². The number of allylic oxidation sites excluding steroid dienone is 3. The first kappa shape index (κ1) is 128. The van der Waals surface area contributed by atoms with E-state index in [-0.39, 0.29) is 109 Å². The van der Waals surface area contributed by atoms with E-state index in [0.717, 1.165) is 85.5 Å². The Bertz CT molecular complexity index is 6680. The van der Waals surface area contributed by atoms with Gasteiger partial charge in [0.1, 0.15) is 88.0 Å². The number of rotatable bonds is 17. The Balaban J connectivity index is 0.000000424. The largest absolute Gasteiger partial charge is 0.507 e. The maximum absolute atomic E-state index is 12.2. The predicted molar refractivity (Wildman–Crippen MR) is 616 cm³/mol. The number of carboxylic acid groups (broad SMARTS) is 1. The van der Waals surface area contributed by atoms with E-state index in [1.807, 2.05) is 100 Å². The summed E-state index contributed by atoms with van der Waals surface area (Å²) in [5, 5.41) is 32.2. The van der Waals surface area contributed by atoms with Gasteiger partial charge >= 0.3 is 31.0 Å². The molecule has 14 rings (SSSR count). The molecule has 1 saturated heterocycles. The smallest absolute Gasteiger partial charge is 0.498 e. The van der Waals surface area contributed by atoms with Gasteiger partial charge in [-0.3, -0.25) is 38.4 Å². The summed E-state index contributed by atoms with van der Waals surface area (Å²) in [5.41, 5.74) is 9.84. The van der Waals surface area contributed by atoms with Crippen LogP contribution in [-0.4, -0.2) is 168 Å². The molecule has 1 aliphatic heterocycles. The van der Waals surface area contributed by atoms with Gasteiger partial charge < -0.3 is 66.8 Å². The van der Waals surface area contributed by atoms with Crippen molar-refractivity contribution in [2.24, 2.45) is 0 Å². The van der Waals surface area contributed by atoms with E-state index in [1.165, 1.54) is 93.1 Å². The number of hydrogen-bond donors (Lipinski definition) is 3. The van der Waals surface area contributed by atoms with E-state index in [1.54, 1.807) is 146 Å². The molecule has 0 spiro atoms. The first-order valence-corrected chi connectivity index (χ1v) is 58.6. The zero-order chi connectivity index (χ0) is 107. The number of halogens is 4. The van der Waals surface area contributed by atoms with Crippen molar-refractivity contribution in [2.45, 2.75) is 199 Å². The van der Waals surface area contributed by atoms with Gasteiger partial charge in [0.05, 0.1) is 62.5 Å². The number of ketones is 4. The minimum atomic E-state index is -1.03. The fraction of sp³-hybridized carbons (Fsp3) is 0.362. The number of nitrogens with zero attached hydrogens (tertiary/aromatic N) is 9. The average Bonchev–Trinajstić information content (AvgIpc) is 1.56. The summed E-state index contributed by atoms with van der Waals surface area (Å²) < 4.78 is 50.5. The Hall–Kier alpha value is -7.67. The number of carboxylic acids is 1. The number of aliphatic carboxylic acids is 1. The van der Waals surface area contributed by atoms with E-state index < -0.39 is 23.1 Å². The lowest BCUT2D eigenvalue weighted by Gasteiger charge is -2.32. The first-order chi connectivity index (χ1) is 66.0. The second kappa shape index (κ2) is 60.6. The zero-order valence-corrected chi connectivity index (χ0v) is 100. The monoisotopic (exact) mass is 2470 g/mol. The number of methoxy groups -OCH3 is 3. The van der Waals surface area contributed by atoms with Crippen LogP contribution >= 0.6 is 77.2 Å². The van der Waals surface area contributed by atoms with E-state index >= 15 is 0 Å². The molecule has 142 heavy (non-hydrogen) atoms. The number of aromatic nitrogens is 9. The van der Waals surface area contributed by atoms with Crippen LogP contribution in [-0.2, 0) is 223 Å². The fourth-order valence-electron chi connectivity index (χ4n) is 13.2. The number of alkyl halides is 1. The molecule has 3 aliphatic rings. The number of fused-ring (bicyclic) bond motifs is 5. The molecule has 2 aliphatic carbocycles. The van der Waals surface area contributed by atoms with Crippen molar-refractivity contribution >= 4 is 324 Å². The maximum atomic E-state index is 12.2. The van der Waals surface area contributed by atoms with Gasteiger partial charge in [-0.05, 0) is 264 Å². The molecule has 1 fully saturated rings. The molecule has 0 saturated carbocycles. The number of aromatic hydroxyl groups is 2. The molecule has 11 aromatic rings. The minimum Gasteiger partial charge on any atom is -0.507 e. The van der Waals surface area contributed by atoms with E-state index in [4.69, 9.17) is 42.8 Å². The van der Waals surface area contributed by atoms with Crippen molar-refractivity contribution in [3.63, 3.8) is 0 Å². The first-order valence-electron chi connectivity index (χ1n) is 41.8. The van der Waals surface area contributed by atoms with Crippen molar-refractivity contribution in [3.8, 4) is 51.0 Å². The summed E-state index contributed by atoms with van der Waals surface area (Å²) in [4.78, 5) is 118. The second-order valence-corrected chi connectivity index (χ2v) is 47.9. The molecule has 5 aromatic carbocycles. The van der Waals surface area contributed by atoms with E-state index in [2.05, 4.69) is 207 Å². The lowest BCUT2D eigenvalue weighted by Crippen LogP contribution is -2.41. The number of hydrogen-bond acceptors (Lipinski definition) is 32. The summed E-state index contributed by atoms with van der Waals surface area (Å²) in [6.45, 7) is 35.5. The second-order valence-electron chi connectivity index (χ2n) is 34.2. The molecular formula is C94H108BBr4N9O19S15. The quantitative estimate of drug-likeness (QED) is 0.0250. The van der Waals surface area contributed by atoms with Gasteiger partial charge in [0.15, 0.2) is 23.1 Å². The molecule has 0 amide bonds. The number of carbonyl (C=O) groups is 8. The Morgan fingerprint density at radius 2 is 0.817 bits per heavy atom. The number of phenols is 2. The van der Waals surface area contributed by atoms with Crippen LogP contribution in [0.3, 0.4) is 0 Å². The van der Waals surface area contributed by atoms with E-state index in [9.17, 15) is 48.6 Å². The molecule has 0 radical (unpaired) electrons. The number of esters is 3. The van der Waals surface area contributed by atoms with Crippen LogP contribution in [0, 0.1) is 20.8 Å². The van der Waals surface area contributed by atoms with Crippen LogP contribution in [0.5, 0.6) is 28.7 Å². The molecule has 0 atom stereocenters. The molecule has 28 nitrogen and oxygen atoms in total. The molecular weight excluding hydrogens is 2370 g/mol. The SMILES string of the molecule is CC(=O)c1cn(CC(=O)O)c2cc(O)c(-c3cnc(C)nc3)cc12.CC(=O)c1cn(CC(=O)OC(C)(C)C)c2cc(O)c(-c3cnc(C)nc3)cc12.CC(C)(C)OC(=O)CBr.COc1cc2c(cc1Br)C(C(C)=O)=CC2.COc1cc2c(cc1Br)C=CC2.COc1cc2c(cc1Br)c(C(C)=O)cn2CC(=O)OC(C)(C)C.Cc1ncc(B2OC(C)(C)C(C)(C)O2)cn1.S.S=S.S=S=S.S=S=S=S.S=S=S=S=S. The van der Waals surface area contributed by atoms with Crippen LogP contribution in [0.4, 0.5) is 0 Å². The number of aryl methyl sites for hydroxylation is 3. The normalized spacial score (nSPS) is 12.2. The van der Waals surface area contributed by atoms with Crippen LogP contribution in [0.15, 0.2) is 142 Å². The highest BCUT2D eigenvalue weighted by Crippen LogP contribution is 2.42. The van der Waals surface area contributed by atoms with Crippen molar-refractivity contribution in [3.05, 3.63) is 198 Å². The van der Waals surface area contributed by atoms with Gasteiger partial charge in [0.25, 0.3) is 0 Å². The van der Waals surface area contributed by atoms with Crippen molar-refractivity contribution in [2.75, 3.05) is 26.7 Å². The van der Waals surface area contributed by atoms with Crippen LogP contribution in [0.2, 0.25) is 0 Å². The standard InChI is InChI=1S/C21H23N3O4.C17H20BrNO4.C17H15N3O4.C12H11BrO2.C11H17BN2O2.C10H9BrO.C6H11BrO2.S5.S4.S3.S2.H2S/c1-12(25)17-10-24(11-20(27)28-21(3,4)5)18-7-19(26)15(6-16(17)18)14-8-22-13(2)23-9-14;1-10(20)12-8-19(9-16(21)23-17(2,3)4)14-7-15(22-5)13(18)6-11(12)14;1-9(21)14-7-20(8-17(23)24)15-4-16(22)12(3-13(14)15)11-5-18-10(2)19-6-11;1-7(14)9-4-3-8-5-12(15-2)11(13)6-10(8)9;1-8-13-6-9(7-14-8)12-15-10(2,3)11(4,5)16-12;1-12-10-6-8-4-2-3-7(8)5-9(10)11;1-6(2,3)9-5(8)4-7;1-3-5-4-2;1-3-4-2;1-3-2;1-2;/h6-10,26H,11H2,1-5H3;6-8H,9H2,1-5H3;3-7,22H,8H2,1-2H3,(H,23,24);4-6H,3H2,1-2H3;6-7H,1-5H3;2-3,5-6H,4H2,1H3;4H2,1-3H3;;;;;1H2. The van der Waals surface area contributed by atoms with Gasteiger partial charge in [-0.1, -0.05) is 34.2 Å². The summed E-state index contributed by atoms with van der Waals surface area (Å²) in [7, 11) is 11.7. The molecule has 0 unspecified atom stereocenters. The Morgan fingerprint density at radius 1 is 0.472 bits per heavy atom. The Morgan fingerprint density at radius 3 is 1.15 bits per heavy atom. The van der Waals surface area contributed by atoms with Crippen molar-refractivity contribution in [1.29, 1.82) is 0 Å². The third kappa shape index (κ3) is 40.2. The Kier molecular flexibility index (Phi) is 54.8. The number of Topliss-reactive ketones (excluding diaryl/α,β-unsaturated/α-hetero) is 4. The third-order valence-corrected chi connectivity index (χ3v) is 28.8. The van der Waals surface area contributed by atoms with Crippen LogP contribution in [0.1, 0.15) is 189 Å². The molecule has 764 valence electrons. The number of ether oxygens (including phenoxy) is 6. The molecule has 6 aromatic heterocycles. The lowest BCUT2D eigenvalue weighted by molar-refractivity contribution is -0.156. The summed E-state index contributed by atoms with van der Waals surface area (Å²) in [6, 6.07) is 18.1. The summed E-state index contributed by atoms with van der Waals surface area (Å²) in [5.74, 6) is 2.04. The van der Waals surface area contributed by atoms with Crippen molar-refractivity contribution < 1.29 is 91.4 Å². The number of carbonyl (C=O) groups excluding carboxylic acids is 7. The summed E-state index contributed by atoms with van der Waals surface area (Å²) >= 11 is 46.4. The topological polar surface area (TPSA) is 363 Å². The van der Waals surface area contributed by atoms with E-state index in [0.29, 0.717) is 78.1 Å². The van der Waals surface area contributed by atoms with Gasteiger partial charge in [0.2, 0.25) is 0 Å². The zero-order valence-electron chi connectivity index (χ0n) is 81.6. The van der Waals surface area contributed by atoms with Crippen LogP contribution < -0.4 is 19.7 Å². The molecule has 48 heteroatoms. The summed E-state index contributed by atoms with van der Waals surface area (Å²) in [6.07, 6.45) is 22.8. The average molecular weight is 2480 g/mol. The number of benzene rings is 5. The molecule has 7 heterocycles. The lowest BCUT2D eigenvalue weighted by atomic mass is 9.81. The predicted octanol–water partition coefficient (Wildman–Crippen LogP) is 18.9. The van der Waals surface area contributed by atoms with Gasteiger partial charge in [-0.2, -0.15) is 13.5 Å². The van der Waals surface area contributed by atoms with Gasteiger partial charge in [-0.15, -0.1) is 0 Å². The molecule has 0 bridgehead atoms. The highest BCUT2D eigenvalue weighted by molar-refractivity contribution is 9.11. The Labute approximate surface area is 924 Å². The highest BCUT2D eigenvalue weighted by atomic mass is 79.9. The fourth-order valence-corrected chi connectivity index (χ4v) is 17.5. The number of phenolic OH excluding ortho intramolecular Hbond substituents is 2. The van der Waals surface area contributed by atoms with Gasteiger partial charge in [-0.25, -0.2) is 29.9 Å². The van der Waals surface area contributed by atoms with Gasteiger partial charge in [0, 0.05) is 283 Å².